The van der Waals surface area contributed by atoms with E-state index in [0.29, 0.717) is 12.2 Å². The summed E-state index contributed by atoms with van der Waals surface area (Å²) in [6.07, 6.45) is 3.70. The summed E-state index contributed by atoms with van der Waals surface area (Å²) < 4.78 is 0. The Bertz CT molecular complexity index is 483. The first-order valence-electron chi connectivity index (χ1n) is 6.76. The van der Waals surface area contributed by atoms with Gasteiger partial charge in [0.15, 0.2) is 6.29 Å². The zero-order chi connectivity index (χ0) is 14.0. The number of nitrogens with zero attached hydrogens (tertiary/aromatic N) is 2. The number of hydrogen-bond acceptors (Lipinski definition) is 4. The smallest absolute Gasteiger partial charge is 0.201 e. The minimum Gasteiger partial charge on any atom is -0.295 e. The zero-order valence-electron chi connectivity index (χ0n) is 11.8. The minimum absolute atomic E-state index is 0.271. The first kappa shape index (κ1) is 13.8. The van der Waals surface area contributed by atoms with Crippen molar-refractivity contribution >= 4 is 12.1 Å². The molecule has 19 heavy (non-hydrogen) atoms. The van der Waals surface area contributed by atoms with Gasteiger partial charge >= 0.3 is 0 Å². The molecule has 4 nitrogen and oxygen atoms in total. The largest absolute Gasteiger partial charge is 0.295 e. The first-order chi connectivity index (χ1) is 8.94. The molecule has 1 fully saturated rings. The Morgan fingerprint density at radius 3 is 2.26 bits per heavy atom. The molecule has 0 spiro atoms. The Morgan fingerprint density at radius 1 is 1.26 bits per heavy atom. The molecule has 0 N–H and O–H groups in total. The Hall–Kier alpha value is -1.58. The lowest BCUT2D eigenvalue weighted by molar-refractivity contribution is -0.137. The van der Waals surface area contributed by atoms with Gasteiger partial charge in [-0.25, -0.2) is 9.97 Å². The molecular weight excluding hydrogens is 240 g/mol. The van der Waals surface area contributed by atoms with Crippen LogP contribution in [0.4, 0.5) is 0 Å². The number of rotatable bonds is 3. The van der Waals surface area contributed by atoms with Gasteiger partial charge in [-0.1, -0.05) is 6.92 Å². The molecule has 0 unspecified atom stereocenters. The van der Waals surface area contributed by atoms with E-state index in [-0.39, 0.29) is 5.78 Å². The van der Waals surface area contributed by atoms with E-state index in [1.54, 1.807) is 0 Å². The number of carbonyl (C=O) groups is 2. The van der Waals surface area contributed by atoms with Gasteiger partial charge in [0.25, 0.3) is 0 Å². The van der Waals surface area contributed by atoms with Crippen molar-refractivity contribution < 1.29 is 9.59 Å². The third-order valence-electron chi connectivity index (χ3n) is 4.16. The van der Waals surface area contributed by atoms with E-state index in [1.165, 1.54) is 0 Å². The lowest BCUT2D eigenvalue weighted by Crippen LogP contribution is -2.33. The maximum absolute atomic E-state index is 11.6. The monoisotopic (exact) mass is 260 g/mol. The van der Waals surface area contributed by atoms with Crippen LogP contribution in [0.15, 0.2) is 6.07 Å². The van der Waals surface area contributed by atoms with Crippen LogP contribution in [0.25, 0.3) is 0 Å². The summed E-state index contributed by atoms with van der Waals surface area (Å²) >= 11 is 0. The molecule has 1 saturated carbocycles. The average molecular weight is 260 g/mol. The third-order valence-corrected chi connectivity index (χ3v) is 4.16. The fourth-order valence-electron chi connectivity index (χ4n) is 2.84. The maximum atomic E-state index is 11.6. The number of aromatic nitrogens is 2. The fraction of sp³-hybridized carbons (Fsp3) is 0.600. The Balaban J connectivity index is 2.11. The summed E-state index contributed by atoms with van der Waals surface area (Å²) in [5, 5.41) is 0. The van der Waals surface area contributed by atoms with Gasteiger partial charge in [0, 0.05) is 22.7 Å². The molecule has 1 aromatic heterocycles. The molecule has 0 aromatic carbocycles. The second-order valence-corrected chi connectivity index (χ2v) is 5.83. The number of aryl methyl sites for hydroxylation is 2. The number of ketones is 1. The molecule has 0 atom stereocenters. The summed E-state index contributed by atoms with van der Waals surface area (Å²) in [5.74, 6) is 0.927. The second-order valence-electron chi connectivity index (χ2n) is 5.83. The fourth-order valence-corrected chi connectivity index (χ4v) is 2.84. The highest BCUT2D eigenvalue weighted by molar-refractivity contribution is 6.27. The molecule has 1 aliphatic carbocycles. The minimum atomic E-state index is -0.475. The molecule has 0 saturated heterocycles. The predicted molar refractivity (Wildman–Crippen MR) is 71.9 cm³/mol. The topological polar surface area (TPSA) is 59.9 Å². The van der Waals surface area contributed by atoms with Crippen molar-refractivity contribution in [3.63, 3.8) is 0 Å². The average Bonchev–Trinajstić information content (AvgIpc) is 2.37. The molecule has 4 heteroatoms. The highest BCUT2D eigenvalue weighted by atomic mass is 16.2. The number of Topliss-reactive ketones (excluding diaryl/α,β-unsaturated/α-hetero) is 1. The van der Waals surface area contributed by atoms with Gasteiger partial charge in [0.2, 0.25) is 5.78 Å². The quantitative estimate of drug-likeness (QED) is 0.619. The van der Waals surface area contributed by atoms with Crippen LogP contribution in [-0.4, -0.2) is 22.0 Å². The van der Waals surface area contributed by atoms with Crippen LogP contribution in [-0.2, 0) is 9.59 Å². The van der Waals surface area contributed by atoms with E-state index in [2.05, 4.69) is 9.97 Å². The van der Waals surface area contributed by atoms with E-state index in [1.807, 2.05) is 26.8 Å². The molecule has 1 aliphatic rings. The Kier molecular flexibility index (Phi) is 3.78. The van der Waals surface area contributed by atoms with Crippen LogP contribution >= 0.6 is 0 Å². The molecule has 102 valence electrons. The summed E-state index contributed by atoms with van der Waals surface area (Å²) in [6, 6.07) is 1.96. The van der Waals surface area contributed by atoms with Crippen molar-refractivity contribution in [1.82, 2.24) is 9.97 Å². The lowest BCUT2D eigenvalue weighted by atomic mass is 9.69. The van der Waals surface area contributed by atoms with E-state index in [0.717, 1.165) is 42.9 Å². The molecule has 1 heterocycles. The summed E-state index contributed by atoms with van der Waals surface area (Å²) in [6.45, 7) is 5.84. The normalized spacial score (nSPS) is 27.0. The first-order valence-corrected chi connectivity index (χ1v) is 6.76. The highest BCUT2D eigenvalue weighted by Gasteiger charge is 2.38. The SMILES string of the molecule is Cc1cc(C)nc(C2CCC(C)(C(=O)C=O)CC2)n1. The van der Waals surface area contributed by atoms with Gasteiger partial charge in [0.05, 0.1) is 0 Å². The van der Waals surface area contributed by atoms with Crippen LogP contribution in [0.2, 0.25) is 0 Å². The lowest BCUT2D eigenvalue weighted by Gasteiger charge is -2.34. The summed E-state index contributed by atoms with van der Waals surface area (Å²) in [4.78, 5) is 31.3. The van der Waals surface area contributed by atoms with Gasteiger partial charge in [-0.3, -0.25) is 9.59 Å². The second kappa shape index (κ2) is 5.19. The van der Waals surface area contributed by atoms with Gasteiger partial charge in [0.1, 0.15) is 5.82 Å². The highest BCUT2D eigenvalue weighted by Crippen LogP contribution is 2.42. The summed E-state index contributed by atoms with van der Waals surface area (Å²) in [7, 11) is 0. The molecule has 1 aromatic rings. The predicted octanol–water partition coefficient (Wildman–Crippen LogP) is 2.53. The van der Waals surface area contributed by atoms with Crippen molar-refractivity contribution in [2.24, 2.45) is 5.41 Å². The van der Waals surface area contributed by atoms with Crippen molar-refractivity contribution in [2.45, 2.75) is 52.4 Å². The van der Waals surface area contributed by atoms with Gasteiger partial charge in [-0.2, -0.15) is 0 Å². The third kappa shape index (κ3) is 2.88. The van der Waals surface area contributed by atoms with Crippen molar-refractivity contribution in [3.05, 3.63) is 23.3 Å². The van der Waals surface area contributed by atoms with Crippen LogP contribution in [0.5, 0.6) is 0 Å². The van der Waals surface area contributed by atoms with Crippen LogP contribution in [0.1, 0.15) is 55.7 Å². The van der Waals surface area contributed by atoms with Crippen molar-refractivity contribution in [3.8, 4) is 0 Å². The summed E-state index contributed by atoms with van der Waals surface area (Å²) in [5.41, 5.74) is 1.50. The van der Waals surface area contributed by atoms with Gasteiger partial charge in [-0.05, 0) is 45.6 Å². The number of hydrogen-bond donors (Lipinski definition) is 0. The standard InChI is InChI=1S/C15H20N2O2/c1-10-8-11(2)17-14(16-10)12-4-6-15(3,7-5-12)13(19)9-18/h8-9,12H,4-7H2,1-3H3. The molecule has 0 amide bonds. The Labute approximate surface area is 113 Å². The van der Waals surface area contributed by atoms with Crippen LogP contribution < -0.4 is 0 Å². The molecule has 0 aliphatic heterocycles. The molecule has 0 bridgehead atoms. The van der Waals surface area contributed by atoms with Gasteiger partial charge in [-0.15, -0.1) is 0 Å². The number of carbonyl (C=O) groups excluding carboxylic acids is 2. The van der Waals surface area contributed by atoms with Crippen LogP contribution in [0, 0.1) is 19.3 Å². The van der Waals surface area contributed by atoms with E-state index in [9.17, 15) is 9.59 Å². The number of aldehydes is 1. The molecule has 2 rings (SSSR count). The van der Waals surface area contributed by atoms with Crippen LogP contribution in [0.3, 0.4) is 0 Å². The van der Waals surface area contributed by atoms with E-state index >= 15 is 0 Å². The molecular formula is C15H20N2O2. The molecule has 0 radical (unpaired) electrons. The zero-order valence-corrected chi connectivity index (χ0v) is 11.8. The Morgan fingerprint density at radius 2 is 1.79 bits per heavy atom. The van der Waals surface area contributed by atoms with Gasteiger partial charge < -0.3 is 0 Å². The maximum Gasteiger partial charge on any atom is 0.201 e. The van der Waals surface area contributed by atoms with E-state index in [4.69, 9.17) is 0 Å². The van der Waals surface area contributed by atoms with E-state index < -0.39 is 5.41 Å². The van der Waals surface area contributed by atoms with Crippen molar-refractivity contribution in [2.75, 3.05) is 0 Å². The van der Waals surface area contributed by atoms with Crippen molar-refractivity contribution in [1.29, 1.82) is 0 Å².